The van der Waals surface area contributed by atoms with Gasteiger partial charge in [0.25, 0.3) is 0 Å². The number of hydrogen-bond acceptors (Lipinski definition) is 8. The lowest BCUT2D eigenvalue weighted by Gasteiger charge is -2.29. The van der Waals surface area contributed by atoms with E-state index in [1.807, 2.05) is 25.7 Å². The zero-order chi connectivity index (χ0) is 22.9. The van der Waals surface area contributed by atoms with E-state index < -0.39 is 10.7 Å². The molecular weight excluding hydrogens is 430 g/mol. The zero-order valence-electron chi connectivity index (χ0n) is 19.5. The van der Waals surface area contributed by atoms with Crippen LogP contribution in [0.3, 0.4) is 0 Å². The lowest BCUT2D eigenvalue weighted by molar-refractivity contribution is -0.138. The monoisotopic (exact) mass is 467 g/mol. The summed E-state index contributed by atoms with van der Waals surface area (Å²) < 4.78 is -0.0724. The third kappa shape index (κ3) is 8.37. The molecule has 0 saturated carbocycles. The number of aromatic nitrogens is 1. The summed E-state index contributed by atoms with van der Waals surface area (Å²) in [5.41, 5.74) is 2.17. The molecule has 0 unspecified atom stereocenters. The number of aliphatic carboxylic acids is 1. The molecule has 1 aliphatic rings. The molecule has 9 heteroatoms. The molecule has 0 atom stereocenters. The van der Waals surface area contributed by atoms with Gasteiger partial charge in [-0.05, 0) is 20.3 Å². The smallest absolute Gasteiger partial charge is 0.319 e. The Morgan fingerprint density at radius 2 is 2.00 bits per heavy atom. The van der Waals surface area contributed by atoms with E-state index in [-0.39, 0.29) is 0 Å². The summed E-state index contributed by atoms with van der Waals surface area (Å²) in [7, 11) is 4.06. The summed E-state index contributed by atoms with van der Waals surface area (Å²) in [6, 6.07) is 0. The number of carboxylic acid groups (broad SMARTS) is 1. The lowest BCUT2D eigenvalue weighted by Crippen LogP contribution is -2.43. The second kappa shape index (κ2) is 12.3. The molecule has 0 aromatic carbocycles. The summed E-state index contributed by atoms with van der Waals surface area (Å²) in [5, 5.41) is 14.8. The first kappa shape index (κ1) is 25.5. The van der Waals surface area contributed by atoms with E-state index in [0.29, 0.717) is 6.54 Å². The maximum absolute atomic E-state index is 11.4. The van der Waals surface area contributed by atoms with Crippen molar-refractivity contribution in [2.24, 2.45) is 4.99 Å². The van der Waals surface area contributed by atoms with Gasteiger partial charge in [0.15, 0.2) is 10.3 Å². The molecule has 2 rings (SSSR count). The number of aliphatic imine (C=N–C) groups is 1. The van der Waals surface area contributed by atoms with E-state index >= 15 is 0 Å². The zero-order valence-corrected chi connectivity index (χ0v) is 21.1. The van der Waals surface area contributed by atoms with Crippen molar-refractivity contribution in [1.29, 1.82) is 0 Å². The van der Waals surface area contributed by atoms with Gasteiger partial charge < -0.3 is 20.2 Å². The number of nitrogens with one attached hydrogen (secondary N) is 1. The second-order valence-corrected chi connectivity index (χ2v) is 11.2. The van der Waals surface area contributed by atoms with Crippen molar-refractivity contribution < 1.29 is 9.90 Å². The number of unbranched alkanes of at least 4 members (excludes halogenated alkanes) is 4. The van der Waals surface area contributed by atoms with Gasteiger partial charge in [0.05, 0.1) is 17.9 Å². The van der Waals surface area contributed by atoms with E-state index in [2.05, 4.69) is 27.0 Å². The number of hydrogen-bond donors (Lipinski definition) is 2. The minimum atomic E-state index is -0.878. The first-order valence-electron chi connectivity index (χ1n) is 11.0. The molecule has 0 radical (unpaired) electrons. The number of nitrogens with zero attached hydrogens (tertiary/aromatic N) is 4. The van der Waals surface area contributed by atoms with Crippen LogP contribution >= 0.6 is 23.1 Å². The molecule has 0 bridgehead atoms. The Morgan fingerprint density at radius 3 is 2.61 bits per heavy atom. The van der Waals surface area contributed by atoms with E-state index in [1.165, 1.54) is 48.8 Å². The van der Waals surface area contributed by atoms with Crippen LogP contribution in [0.4, 0.5) is 0 Å². The first-order valence-corrected chi connectivity index (χ1v) is 12.7. The summed E-state index contributed by atoms with van der Waals surface area (Å²) in [4.78, 5) is 25.2. The highest BCUT2D eigenvalue weighted by atomic mass is 32.2. The highest BCUT2D eigenvalue weighted by Crippen LogP contribution is 2.34. The first-order chi connectivity index (χ1) is 14.7. The Bertz CT molecular complexity index is 774. The third-order valence-corrected chi connectivity index (χ3v) is 7.36. The minimum Gasteiger partial charge on any atom is -0.480 e. The Balaban J connectivity index is 1.95. The summed E-state index contributed by atoms with van der Waals surface area (Å²) in [6.45, 7) is 8.15. The van der Waals surface area contributed by atoms with E-state index in [9.17, 15) is 9.90 Å². The van der Waals surface area contributed by atoms with Gasteiger partial charge in [-0.1, -0.05) is 44.4 Å². The maximum atomic E-state index is 11.4. The number of likely N-dealkylation sites (N-methyl/N-ethyl adjacent to an activating group) is 1. The Hall–Kier alpha value is -1.74. The van der Waals surface area contributed by atoms with Crippen LogP contribution < -0.4 is 5.32 Å². The standard InChI is InChI=1S/C22H37N5O2S2/c1-6-7-8-9-10-12-27(20-23-14-18(15-24-20)26(4)5)13-11-17-16-30-21(25-17)31-22(2,3)19(28)29/h14,16H,6-13,15H2,1-5H3,(H,23,24)(H,28,29). The lowest BCUT2D eigenvalue weighted by atomic mass is 10.1. The molecule has 0 spiro atoms. The van der Waals surface area contributed by atoms with Crippen molar-refractivity contribution in [2.75, 3.05) is 33.7 Å². The summed E-state index contributed by atoms with van der Waals surface area (Å²) >= 11 is 2.83. The molecule has 7 nitrogen and oxygen atoms in total. The second-order valence-electron chi connectivity index (χ2n) is 8.49. The molecule has 2 heterocycles. The number of thiazole rings is 1. The topological polar surface area (TPSA) is 81.1 Å². The number of carbonyl (C=O) groups is 1. The van der Waals surface area contributed by atoms with Gasteiger partial charge in [-0.25, -0.2) is 9.98 Å². The molecule has 2 N–H and O–H groups in total. The fraction of sp³-hybridized carbons (Fsp3) is 0.682. The van der Waals surface area contributed by atoms with Crippen molar-refractivity contribution in [3.05, 3.63) is 23.0 Å². The van der Waals surface area contributed by atoms with Crippen LogP contribution in [0.2, 0.25) is 0 Å². The highest BCUT2D eigenvalue weighted by Gasteiger charge is 2.29. The van der Waals surface area contributed by atoms with E-state index in [1.54, 1.807) is 13.8 Å². The average molecular weight is 468 g/mol. The van der Waals surface area contributed by atoms with Crippen molar-refractivity contribution in [3.63, 3.8) is 0 Å². The summed E-state index contributed by atoms with van der Waals surface area (Å²) in [6.07, 6.45) is 9.05. The fourth-order valence-electron chi connectivity index (χ4n) is 3.05. The van der Waals surface area contributed by atoms with E-state index in [4.69, 9.17) is 4.99 Å². The molecule has 0 saturated heterocycles. The van der Waals surface area contributed by atoms with Gasteiger partial charge in [0, 0.05) is 45.2 Å². The molecule has 1 aromatic rings. The van der Waals surface area contributed by atoms with Gasteiger partial charge in [-0.2, -0.15) is 0 Å². The quantitative estimate of drug-likeness (QED) is 0.331. The van der Waals surface area contributed by atoms with Crippen LogP contribution in [0, 0.1) is 0 Å². The fourth-order valence-corrected chi connectivity index (χ4v) is 5.27. The van der Waals surface area contributed by atoms with Crippen molar-refractivity contribution in [1.82, 2.24) is 20.1 Å². The van der Waals surface area contributed by atoms with Gasteiger partial charge >= 0.3 is 5.97 Å². The molecule has 1 aromatic heterocycles. The minimum absolute atomic E-state index is 0.684. The van der Waals surface area contributed by atoms with Crippen LogP contribution in [0.5, 0.6) is 0 Å². The predicted molar refractivity (Wildman–Crippen MR) is 131 cm³/mol. The number of guanidine groups is 1. The van der Waals surface area contributed by atoms with Crippen LogP contribution in [0.25, 0.3) is 0 Å². The predicted octanol–water partition coefficient (Wildman–Crippen LogP) is 4.28. The Labute approximate surface area is 195 Å². The van der Waals surface area contributed by atoms with Crippen molar-refractivity contribution in [3.8, 4) is 0 Å². The molecule has 31 heavy (non-hydrogen) atoms. The SMILES string of the molecule is CCCCCCCN(CCc1csc(SC(C)(C)C(=O)O)n1)C1=NCC(N(C)C)=CN1. The average Bonchev–Trinajstić information content (AvgIpc) is 3.16. The molecular formula is C22H37N5O2S2. The van der Waals surface area contributed by atoms with Crippen LogP contribution in [-0.4, -0.2) is 70.3 Å². The molecule has 0 aliphatic carbocycles. The van der Waals surface area contributed by atoms with Crippen LogP contribution in [0.15, 0.2) is 26.6 Å². The van der Waals surface area contributed by atoms with Gasteiger partial charge in [0.1, 0.15) is 4.75 Å². The molecule has 0 amide bonds. The largest absolute Gasteiger partial charge is 0.480 e. The highest BCUT2D eigenvalue weighted by molar-refractivity contribution is 8.02. The number of thioether (sulfide) groups is 1. The maximum Gasteiger partial charge on any atom is 0.319 e. The van der Waals surface area contributed by atoms with Crippen LogP contribution in [-0.2, 0) is 11.2 Å². The van der Waals surface area contributed by atoms with Crippen molar-refractivity contribution in [2.45, 2.75) is 68.4 Å². The number of carboxylic acids is 1. The third-order valence-electron chi connectivity index (χ3n) is 5.19. The summed E-state index contributed by atoms with van der Waals surface area (Å²) in [5.74, 6) is 0.105. The van der Waals surface area contributed by atoms with Gasteiger partial charge in [0.2, 0.25) is 0 Å². The number of rotatable bonds is 13. The Kier molecular flexibility index (Phi) is 10.2. The Morgan fingerprint density at radius 1 is 1.26 bits per heavy atom. The molecule has 0 fully saturated rings. The van der Waals surface area contributed by atoms with Gasteiger partial charge in [-0.3, -0.25) is 4.79 Å². The van der Waals surface area contributed by atoms with Crippen molar-refractivity contribution >= 4 is 35.0 Å². The molecule has 174 valence electrons. The van der Waals surface area contributed by atoms with E-state index in [0.717, 1.165) is 47.6 Å². The normalized spacial score (nSPS) is 14.0. The molecule has 1 aliphatic heterocycles. The van der Waals surface area contributed by atoms with Crippen LogP contribution in [0.1, 0.15) is 58.6 Å². The van der Waals surface area contributed by atoms with Gasteiger partial charge in [-0.15, -0.1) is 11.3 Å².